The molecule has 0 spiro atoms. The monoisotopic (exact) mass is 530 g/mol. The largest absolute Gasteiger partial charge is 0.0654 e. The third-order valence-corrected chi connectivity index (χ3v) is 7.20. The summed E-state index contributed by atoms with van der Waals surface area (Å²) >= 11 is 2.51. The topological polar surface area (TPSA) is 0 Å². The summed E-state index contributed by atoms with van der Waals surface area (Å²) in [7, 11) is 0. The Hall–Kier alpha value is -1.09. The number of unbranched alkanes of at least 4 members (excludes halogenated alkanes) is 13. The van der Waals surface area contributed by atoms with Crippen LogP contribution >= 0.6 is 22.6 Å². The first-order valence-electron chi connectivity index (χ1n) is 12.8. The molecule has 170 valence electrons. The molecule has 0 aliphatic heterocycles. The van der Waals surface area contributed by atoms with Crippen LogP contribution in [0.25, 0.3) is 12.2 Å². The Balaban J connectivity index is 1.57. The van der Waals surface area contributed by atoms with Crippen molar-refractivity contribution in [1.29, 1.82) is 0 Å². The fourth-order valence-corrected chi connectivity index (χ4v) is 5.03. The Morgan fingerprint density at radius 2 is 1.13 bits per heavy atom. The number of hydrogen-bond acceptors (Lipinski definition) is 0. The van der Waals surface area contributed by atoms with E-state index in [1.165, 1.54) is 117 Å². The van der Waals surface area contributed by atoms with Gasteiger partial charge >= 0.3 is 0 Å². The number of benzene rings is 2. The molecular weight excluding hydrogens is 487 g/mol. The van der Waals surface area contributed by atoms with Gasteiger partial charge in [-0.05, 0) is 58.2 Å². The van der Waals surface area contributed by atoms with Crippen LogP contribution in [0.3, 0.4) is 0 Å². The lowest BCUT2D eigenvalue weighted by Gasteiger charge is -2.09. The minimum Gasteiger partial charge on any atom is -0.0654 e. The molecule has 0 nitrogen and oxygen atoms in total. The number of rotatable bonds is 17. The predicted molar refractivity (Wildman–Crippen MR) is 149 cm³/mol. The van der Waals surface area contributed by atoms with E-state index in [1.54, 1.807) is 0 Å². The Kier molecular flexibility index (Phi) is 14.7. The maximum atomic E-state index is 2.51. The van der Waals surface area contributed by atoms with E-state index >= 15 is 0 Å². The smallest absolute Gasteiger partial charge is 0.0168 e. The highest BCUT2D eigenvalue weighted by Crippen LogP contribution is 2.22. The average molecular weight is 531 g/mol. The maximum Gasteiger partial charge on any atom is 0.0168 e. The molecule has 2 aromatic carbocycles. The molecule has 2 rings (SSSR count). The molecule has 2 aromatic rings. The summed E-state index contributed by atoms with van der Waals surface area (Å²) in [4.78, 5) is 0. The summed E-state index contributed by atoms with van der Waals surface area (Å²) in [5.74, 6) is 0. The van der Waals surface area contributed by atoms with E-state index in [9.17, 15) is 0 Å². The van der Waals surface area contributed by atoms with Gasteiger partial charge < -0.3 is 0 Å². The molecule has 31 heavy (non-hydrogen) atoms. The lowest BCUT2D eigenvalue weighted by atomic mass is 9.99. The van der Waals surface area contributed by atoms with Gasteiger partial charge in [0.15, 0.2) is 0 Å². The molecule has 0 aliphatic rings. The van der Waals surface area contributed by atoms with Crippen molar-refractivity contribution in [2.24, 2.45) is 0 Å². The van der Waals surface area contributed by atoms with Crippen LogP contribution < -0.4 is 0 Å². The van der Waals surface area contributed by atoms with Gasteiger partial charge in [0.2, 0.25) is 0 Å². The molecule has 0 heterocycles. The van der Waals surface area contributed by atoms with E-state index in [4.69, 9.17) is 0 Å². The predicted octanol–water partition coefficient (Wildman–Crippen LogP) is 10.5. The summed E-state index contributed by atoms with van der Waals surface area (Å²) in [5, 5.41) is 0. The first-order chi connectivity index (χ1) is 15.3. The molecule has 0 saturated heterocycles. The maximum absolute atomic E-state index is 2.51. The van der Waals surface area contributed by atoms with Crippen LogP contribution in [-0.2, 0) is 6.42 Å². The van der Waals surface area contributed by atoms with Crippen molar-refractivity contribution in [2.45, 2.75) is 103 Å². The lowest BCUT2D eigenvalue weighted by Crippen LogP contribution is -1.94. The highest BCUT2D eigenvalue weighted by atomic mass is 127. The normalized spacial score (nSPS) is 11.4. The molecule has 0 saturated carbocycles. The second-order valence-electron chi connectivity index (χ2n) is 8.90. The van der Waals surface area contributed by atoms with Crippen molar-refractivity contribution in [3.05, 3.63) is 68.8 Å². The van der Waals surface area contributed by atoms with Crippen LogP contribution in [0.1, 0.15) is 114 Å². The van der Waals surface area contributed by atoms with E-state index in [1.807, 2.05) is 0 Å². The van der Waals surface area contributed by atoms with E-state index in [0.717, 1.165) is 0 Å². The molecule has 0 atom stereocenters. The van der Waals surface area contributed by atoms with Crippen LogP contribution in [-0.4, -0.2) is 0 Å². The summed E-state index contributed by atoms with van der Waals surface area (Å²) in [6.45, 7) is 2.30. The van der Waals surface area contributed by atoms with Gasteiger partial charge in [-0.2, -0.15) is 0 Å². The van der Waals surface area contributed by atoms with Gasteiger partial charge in [0.1, 0.15) is 0 Å². The molecule has 0 bridgehead atoms. The van der Waals surface area contributed by atoms with Gasteiger partial charge in [-0.3, -0.25) is 0 Å². The van der Waals surface area contributed by atoms with Crippen molar-refractivity contribution in [3.63, 3.8) is 0 Å². The molecule has 0 unspecified atom stereocenters. The van der Waals surface area contributed by atoms with Crippen LogP contribution in [0.2, 0.25) is 0 Å². The van der Waals surface area contributed by atoms with Gasteiger partial charge in [-0.15, -0.1) is 0 Å². The van der Waals surface area contributed by atoms with Gasteiger partial charge in [-0.25, -0.2) is 0 Å². The van der Waals surface area contributed by atoms with Crippen molar-refractivity contribution in [3.8, 4) is 0 Å². The summed E-state index contributed by atoms with van der Waals surface area (Å²) in [6.07, 6.45) is 25.6. The van der Waals surface area contributed by atoms with Crippen LogP contribution in [0.15, 0.2) is 48.5 Å². The highest BCUT2D eigenvalue weighted by molar-refractivity contribution is 14.1. The molecule has 0 fully saturated rings. The van der Waals surface area contributed by atoms with E-state index in [0.29, 0.717) is 0 Å². The van der Waals surface area contributed by atoms with E-state index < -0.39 is 0 Å². The van der Waals surface area contributed by atoms with Crippen molar-refractivity contribution >= 4 is 34.7 Å². The first kappa shape index (κ1) is 26.2. The van der Waals surface area contributed by atoms with Crippen LogP contribution in [0, 0.1) is 3.57 Å². The van der Waals surface area contributed by atoms with Gasteiger partial charge in [0.05, 0.1) is 0 Å². The summed E-state index contributed by atoms with van der Waals surface area (Å²) < 4.78 is 1.41. The average Bonchev–Trinajstić information content (AvgIpc) is 2.79. The number of halogens is 1. The van der Waals surface area contributed by atoms with Crippen LogP contribution in [0.5, 0.6) is 0 Å². The molecule has 0 aliphatic carbocycles. The molecule has 1 heteroatoms. The Morgan fingerprint density at radius 3 is 1.71 bits per heavy atom. The fourth-order valence-electron chi connectivity index (χ4n) is 4.24. The fraction of sp³-hybridized carbons (Fsp3) is 0.533. The minimum atomic E-state index is 1.20. The molecule has 0 amide bonds. The number of hydrogen-bond donors (Lipinski definition) is 0. The third kappa shape index (κ3) is 11.9. The second kappa shape index (κ2) is 17.5. The summed E-state index contributed by atoms with van der Waals surface area (Å²) in [6, 6.07) is 17.3. The molecular formula is C30H43I. The zero-order valence-corrected chi connectivity index (χ0v) is 21.9. The SMILES string of the molecule is CCCCCCCCCCCCCCCCc1c(I)cccc1/C=C/c1ccccc1. The molecule has 0 N–H and O–H groups in total. The lowest BCUT2D eigenvalue weighted by molar-refractivity contribution is 0.535. The van der Waals surface area contributed by atoms with E-state index in [2.05, 4.69) is 90.2 Å². The third-order valence-electron chi connectivity index (χ3n) is 6.19. The zero-order valence-electron chi connectivity index (χ0n) is 19.8. The van der Waals surface area contributed by atoms with Crippen molar-refractivity contribution in [2.75, 3.05) is 0 Å². The molecule has 0 radical (unpaired) electrons. The van der Waals surface area contributed by atoms with Gasteiger partial charge in [0, 0.05) is 3.57 Å². The van der Waals surface area contributed by atoms with Gasteiger partial charge in [0.25, 0.3) is 0 Å². The quantitative estimate of drug-likeness (QED) is 0.108. The second-order valence-corrected chi connectivity index (χ2v) is 10.1. The Bertz CT molecular complexity index is 716. The van der Waals surface area contributed by atoms with Crippen LogP contribution in [0.4, 0.5) is 0 Å². The van der Waals surface area contributed by atoms with Crippen molar-refractivity contribution in [1.82, 2.24) is 0 Å². The minimum absolute atomic E-state index is 1.20. The Morgan fingerprint density at radius 1 is 0.581 bits per heavy atom. The van der Waals surface area contributed by atoms with E-state index in [-0.39, 0.29) is 0 Å². The van der Waals surface area contributed by atoms with Crippen molar-refractivity contribution < 1.29 is 0 Å². The van der Waals surface area contributed by atoms with Gasteiger partial charge in [-0.1, -0.05) is 145 Å². The highest BCUT2D eigenvalue weighted by Gasteiger charge is 2.04. The Labute approximate surface area is 206 Å². The molecule has 0 aromatic heterocycles. The first-order valence-corrected chi connectivity index (χ1v) is 13.9. The standard InChI is InChI=1S/C30H43I/c1-2-3-4-5-6-7-8-9-10-11-12-13-14-18-23-29-28(22-19-24-30(29)31)26-25-27-20-16-15-17-21-27/h15-17,19-22,24-26H,2-14,18,23H2,1H3/b26-25+. The summed E-state index contributed by atoms with van der Waals surface area (Å²) in [5.41, 5.74) is 4.17. The zero-order chi connectivity index (χ0) is 22.0.